The molecule has 2 rings (SSSR count). The van der Waals surface area contributed by atoms with Crippen LogP contribution in [0.2, 0.25) is 0 Å². The molecule has 0 aliphatic heterocycles. The summed E-state index contributed by atoms with van der Waals surface area (Å²) in [5, 5.41) is 0. The highest BCUT2D eigenvalue weighted by atomic mass is 16.5. The van der Waals surface area contributed by atoms with Gasteiger partial charge in [-0.05, 0) is 48.3 Å². The standard InChI is InChI=1S/C16H25NO/c1-16(2)9-5-8-14(16)15(17)11-12-6-4-7-13(10-12)18-3/h4,6-7,10,14-15H,5,8-9,11,17H2,1-3H3. The summed E-state index contributed by atoms with van der Waals surface area (Å²) in [6.07, 6.45) is 4.86. The number of nitrogens with two attached hydrogens (primary N) is 1. The summed E-state index contributed by atoms with van der Waals surface area (Å²) >= 11 is 0. The van der Waals surface area contributed by atoms with E-state index < -0.39 is 0 Å². The van der Waals surface area contributed by atoms with E-state index in [4.69, 9.17) is 10.5 Å². The molecule has 0 heterocycles. The number of hydrogen-bond donors (Lipinski definition) is 1. The topological polar surface area (TPSA) is 35.2 Å². The molecule has 1 fully saturated rings. The quantitative estimate of drug-likeness (QED) is 0.885. The maximum Gasteiger partial charge on any atom is 0.119 e. The average Bonchev–Trinajstić information content (AvgIpc) is 2.69. The van der Waals surface area contributed by atoms with E-state index in [9.17, 15) is 0 Å². The van der Waals surface area contributed by atoms with Crippen molar-refractivity contribution >= 4 is 0 Å². The van der Waals surface area contributed by atoms with Crippen LogP contribution in [0.25, 0.3) is 0 Å². The van der Waals surface area contributed by atoms with Crippen molar-refractivity contribution < 1.29 is 4.74 Å². The van der Waals surface area contributed by atoms with E-state index in [0.29, 0.717) is 11.3 Å². The first-order valence-electron chi connectivity index (χ1n) is 6.91. The Morgan fingerprint density at radius 1 is 1.44 bits per heavy atom. The van der Waals surface area contributed by atoms with Gasteiger partial charge >= 0.3 is 0 Å². The normalized spacial score (nSPS) is 23.9. The molecule has 2 heteroatoms. The number of benzene rings is 1. The van der Waals surface area contributed by atoms with E-state index in [0.717, 1.165) is 12.2 Å². The minimum Gasteiger partial charge on any atom is -0.497 e. The lowest BCUT2D eigenvalue weighted by Crippen LogP contribution is -2.38. The lowest BCUT2D eigenvalue weighted by molar-refractivity contribution is 0.220. The number of hydrogen-bond acceptors (Lipinski definition) is 2. The molecule has 2 nitrogen and oxygen atoms in total. The van der Waals surface area contributed by atoms with Crippen molar-refractivity contribution in [2.75, 3.05) is 7.11 Å². The van der Waals surface area contributed by atoms with Gasteiger partial charge in [-0.3, -0.25) is 0 Å². The predicted octanol–water partition coefficient (Wildman–Crippen LogP) is 3.39. The van der Waals surface area contributed by atoms with Crippen molar-refractivity contribution in [1.82, 2.24) is 0 Å². The maximum absolute atomic E-state index is 6.44. The molecule has 2 atom stereocenters. The molecule has 0 radical (unpaired) electrons. The first kappa shape index (κ1) is 13.4. The summed E-state index contributed by atoms with van der Waals surface area (Å²) in [6.45, 7) is 4.71. The summed E-state index contributed by atoms with van der Waals surface area (Å²) in [7, 11) is 1.71. The summed E-state index contributed by atoms with van der Waals surface area (Å²) < 4.78 is 5.26. The molecule has 2 N–H and O–H groups in total. The molecule has 0 bridgehead atoms. The molecular formula is C16H25NO. The monoisotopic (exact) mass is 247 g/mol. The Labute approximate surface area is 111 Å². The molecule has 1 aliphatic rings. The zero-order valence-corrected chi connectivity index (χ0v) is 11.8. The molecule has 0 amide bonds. The van der Waals surface area contributed by atoms with Gasteiger partial charge < -0.3 is 10.5 Å². The van der Waals surface area contributed by atoms with Gasteiger partial charge in [0.15, 0.2) is 0 Å². The molecular weight excluding hydrogens is 222 g/mol. The second-order valence-corrected chi connectivity index (χ2v) is 6.21. The third-order valence-electron chi connectivity index (χ3n) is 4.46. The maximum atomic E-state index is 6.44. The SMILES string of the molecule is COc1cccc(CC(N)C2CCCC2(C)C)c1. The van der Waals surface area contributed by atoms with Crippen molar-refractivity contribution in [3.8, 4) is 5.75 Å². The molecule has 1 aromatic carbocycles. The highest BCUT2D eigenvalue weighted by Gasteiger charge is 2.37. The first-order valence-corrected chi connectivity index (χ1v) is 6.91. The highest BCUT2D eigenvalue weighted by Crippen LogP contribution is 2.44. The summed E-state index contributed by atoms with van der Waals surface area (Å²) in [5.74, 6) is 1.56. The van der Waals surface area contributed by atoms with Gasteiger partial charge in [-0.1, -0.05) is 32.4 Å². The van der Waals surface area contributed by atoms with E-state index in [2.05, 4.69) is 26.0 Å². The van der Waals surface area contributed by atoms with E-state index in [1.54, 1.807) is 7.11 Å². The Balaban J connectivity index is 2.04. The summed E-state index contributed by atoms with van der Waals surface area (Å²) in [4.78, 5) is 0. The molecule has 100 valence electrons. The third kappa shape index (κ3) is 2.86. The molecule has 1 aromatic rings. The fourth-order valence-corrected chi connectivity index (χ4v) is 3.36. The first-order chi connectivity index (χ1) is 8.53. The fraction of sp³-hybridized carbons (Fsp3) is 0.625. The Kier molecular flexibility index (Phi) is 3.96. The van der Waals surface area contributed by atoms with E-state index in [-0.39, 0.29) is 6.04 Å². The Hall–Kier alpha value is -1.02. The molecule has 0 aromatic heterocycles. The second kappa shape index (κ2) is 5.31. The second-order valence-electron chi connectivity index (χ2n) is 6.21. The van der Waals surface area contributed by atoms with Crippen molar-refractivity contribution in [2.45, 2.75) is 45.6 Å². The Bertz CT molecular complexity index is 400. The largest absolute Gasteiger partial charge is 0.497 e. The van der Waals surface area contributed by atoms with Gasteiger partial charge in [0.2, 0.25) is 0 Å². The van der Waals surface area contributed by atoms with Crippen molar-refractivity contribution in [2.24, 2.45) is 17.1 Å². The van der Waals surface area contributed by atoms with Gasteiger partial charge in [0.1, 0.15) is 5.75 Å². The summed E-state index contributed by atoms with van der Waals surface area (Å²) in [6, 6.07) is 8.52. The van der Waals surface area contributed by atoms with Crippen LogP contribution in [-0.2, 0) is 6.42 Å². The number of rotatable bonds is 4. The fourth-order valence-electron chi connectivity index (χ4n) is 3.36. The summed E-state index contributed by atoms with van der Waals surface area (Å²) in [5.41, 5.74) is 8.12. The smallest absolute Gasteiger partial charge is 0.119 e. The van der Waals surface area contributed by atoms with Gasteiger partial charge in [0, 0.05) is 6.04 Å². The van der Waals surface area contributed by atoms with Crippen LogP contribution in [-0.4, -0.2) is 13.2 Å². The van der Waals surface area contributed by atoms with Crippen LogP contribution in [0.15, 0.2) is 24.3 Å². The van der Waals surface area contributed by atoms with Crippen LogP contribution < -0.4 is 10.5 Å². The molecule has 1 saturated carbocycles. The van der Waals surface area contributed by atoms with Gasteiger partial charge in [-0.2, -0.15) is 0 Å². The van der Waals surface area contributed by atoms with Gasteiger partial charge in [0.25, 0.3) is 0 Å². The van der Waals surface area contributed by atoms with Crippen LogP contribution in [0.5, 0.6) is 5.75 Å². The van der Waals surface area contributed by atoms with Crippen molar-refractivity contribution in [1.29, 1.82) is 0 Å². The molecule has 2 unspecified atom stereocenters. The molecule has 0 saturated heterocycles. The Morgan fingerprint density at radius 3 is 2.83 bits per heavy atom. The van der Waals surface area contributed by atoms with E-state index in [1.807, 2.05) is 12.1 Å². The van der Waals surface area contributed by atoms with E-state index >= 15 is 0 Å². The van der Waals surface area contributed by atoms with Gasteiger partial charge in [0.05, 0.1) is 7.11 Å². The van der Waals surface area contributed by atoms with Gasteiger partial charge in [-0.25, -0.2) is 0 Å². The van der Waals surface area contributed by atoms with Crippen LogP contribution in [0.3, 0.4) is 0 Å². The molecule has 18 heavy (non-hydrogen) atoms. The van der Waals surface area contributed by atoms with Crippen molar-refractivity contribution in [3.05, 3.63) is 29.8 Å². The lowest BCUT2D eigenvalue weighted by Gasteiger charge is -2.32. The predicted molar refractivity (Wildman–Crippen MR) is 75.8 cm³/mol. The number of methoxy groups -OCH3 is 1. The zero-order chi connectivity index (χ0) is 13.2. The number of ether oxygens (including phenoxy) is 1. The lowest BCUT2D eigenvalue weighted by atomic mass is 9.76. The minimum absolute atomic E-state index is 0.259. The third-order valence-corrected chi connectivity index (χ3v) is 4.46. The highest BCUT2D eigenvalue weighted by molar-refractivity contribution is 5.29. The Morgan fingerprint density at radius 2 is 2.22 bits per heavy atom. The van der Waals surface area contributed by atoms with Crippen LogP contribution >= 0.6 is 0 Å². The average molecular weight is 247 g/mol. The zero-order valence-electron chi connectivity index (χ0n) is 11.8. The van der Waals surface area contributed by atoms with Crippen LogP contribution in [0.1, 0.15) is 38.7 Å². The molecule has 0 spiro atoms. The van der Waals surface area contributed by atoms with Crippen molar-refractivity contribution in [3.63, 3.8) is 0 Å². The molecule has 1 aliphatic carbocycles. The van der Waals surface area contributed by atoms with Crippen LogP contribution in [0, 0.1) is 11.3 Å². The van der Waals surface area contributed by atoms with Crippen LogP contribution in [0.4, 0.5) is 0 Å². The minimum atomic E-state index is 0.259. The van der Waals surface area contributed by atoms with Gasteiger partial charge in [-0.15, -0.1) is 0 Å². The van der Waals surface area contributed by atoms with E-state index in [1.165, 1.54) is 24.8 Å².